The predicted molar refractivity (Wildman–Crippen MR) is 55.4 cm³/mol. The molecule has 15 heavy (non-hydrogen) atoms. The normalized spacial score (nSPS) is 15.4. The fraction of sp³-hybridized carbons (Fsp3) is 0.500. The Morgan fingerprint density at radius 1 is 1.40 bits per heavy atom. The van der Waals surface area contributed by atoms with Gasteiger partial charge in [0, 0.05) is 19.2 Å². The monoisotopic (exact) mass is 207 g/mol. The minimum Gasteiger partial charge on any atom is -0.481 e. The van der Waals surface area contributed by atoms with Crippen molar-refractivity contribution in [3.8, 4) is 5.88 Å². The van der Waals surface area contributed by atoms with Crippen LogP contribution in [0.3, 0.4) is 0 Å². The third-order valence-electron chi connectivity index (χ3n) is 2.43. The van der Waals surface area contributed by atoms with Crippen LogP contribution in [0.2, 0.25) is 0 Å². The van der Waals surface area contributed by atoms with Gasteiger partial charge in [0.2, 0.25) is 11.8 Å². The van der Waals surface area contributed by atoms with Crippen LogP contribution in [0.25, 0.3) is 0 Å². The van der Waals surface area contributed by atoms with Crippen molar-refractivity contribution in [1.29, 1.82) is 0 Å². The summed E-state index contributed by atoms with van der Waals surface area (Å²) in [6.07, 6.45) is 3.01. The van der Waals surface area contributed by atoms with E-state index in [9.17, 15) is 4.79 Å². The summed E-state index contributed by atoms with van der Waals surface area (Å²) >= 11 is 0. The molecule has 0 spiro atoms. The maximum absolute atomic E-state index is 10.7. The molecule has 0 aromatic carbocycles. The van der Waals surface area contributed by atoms with E-state index in [4.69, 9.17) is 4.74 Å². The molecule has 5 nitrogen and oxygen atoms in total. The van der Waals surface area contributed by atoms with E-state index in [2.05, 4.69) is 14.9 Å². The molecule has 0 radical (unpaired) electrons. The fourth-order valence-electron chi connectivity index (χ4n) is 1.65. The minimum atomic E-state index is 0.365. The third kappa shape index (κ3) is 2.06. The van der Waals surface area contributed by atoms with E-state index in [-0.39, 0.29) is 0 Å². The molecule has 1 fully saturated rings. The third-order valence-corrected chi connectivity index (χ3v) is 2.43. The van der Waals surface area contributed by atoms with Crippen molar-refractivity contribution < 1.29 is 9.53 Å². The standard InChI is InChI=1S/C10H13N3O2/c1-15-9-6-8(7-14)11-10(12-9)13-4-2-3-5-13/h6-7H,2-5H2,1H3. The molecular formula is C10H13N3O2. The second-order valence-corrected chi connectivity index (χ2v) is 3.45. The van der Waals surface area contributed by atoms with Crippen molar-refractivity contribution in [3.63, 3.8) is 0 Å². The number of nitrogens with zero attached hydrogens (tertiary/aromatic N) is 3. The summed E-state index contributed by atoms with van der Waals surface area (Å²) in [4.78, 5) is 21.1. The Morgan fingerprint density at radius 3 is 2.73 bits per heavy atom. The van der Waals surface area contributed by atoms with E-state index >= 15 is 0 Å². The highest BCUT2D eigenvalue weighted by Crippen LogP contribution is 2.18. The first-order chi connectivity index (χ1) is 7.33. The quantitative estimate of drug-likeness (QED) is 0.689. The molecule has 2 rings (SSSR count). The molecule has 0 saturated carbocycles. The number of carbonyl (C=O) groups excluding carboxylic acids is 1. The van der Waals surface area contributed by atoms with Gasteiger partial charge in [-0.1, -0.05) is 0 Å². The smallest absolute Gasteiger partial charge is 0.229 e. The van der Waals surface area contributed by atoms with E-state index in [1.165, 1.54) is 13.2 Å². The lowest BCUT2D eigenvalue weighted by Crippen LogP contribution is -2.21. The van der Waals surface area contributed by atoms with Crippen LogP contribution in [0, 0.1) is 0 Å². The summed E-state index contributed by atoms with van der Waals surface area (Å²) in [5, 5.41) is 0. The molecule has 0 N–H and O–H groups in total. The highest BCUT2D eigenvalue weighted by atomic mass is 16.5. The van der Waals surface area contributed by atoms with Crippen LogP contribution >= 0.6 is 0 Å². The van der Waals surface area contributed by atoms with E-state index in [1.807, 2.05) is 0 Å². The molecule has 1 saturated heterocycles. The van der Waals surface area contributed by atoms with E-state index in [1.54, 1.807) is 0 Å². The number of aromatic nitrogens is 2. The average Bonchev–Trinajstić information content (AvgIpc) is 2.81. The van der Waals surface area contributed by atoms with Crippen molar-refractivity contribution in [3.05, 3.63) is 11.8 Å². The first-order valence-electron chi connectivity index (χ1n) is 4.96. The van der Waals surface area contributed by atoms with Gasteiger partial charge in [0.25, 0.3) is 0 Å². The average molecular weight is 207 g/mol. The van der Waals surface area contributed by atoms with Gasteiger partial charge in [0.15, 0.2) is 6.29 Å². The fourth-order valence-corrected chi connectivity index (χ4v) is 1.65. The zero-order valence-electron chi connectivity index (χ0n) is 8.64. The molecule has 80 valence electrons. The SMILES string of the molecule is COc1cc(C=O)nc(N2CCCC2)n1. The number of carbonyl (C=O) groups is 1. The van der Waals surface area contributed by atoms with Gasteiger partial charge >= 0.3 is 0 Å². The topological polar surface area (TPSA) is 55.3 Å². The van der Waals surface area contributed by atoms with Crippen LogP contribution in [0.4, 0.5) is 5.95 Å². The molecule has 0 bridgehead atoms. The Hall–Kier alpha value is -1.65. The van der Waals surface area contributed by atoms with Crippen LogP contribution in [0.5, 0.6) is 5.88 Å². The van der Waals surface area contributed by atoms with Crippen molar-refractivity contribution >= 4 is 12.2 Å². The van der Waals surface area contributed by atoms with Crippen molar-refractivity contribution in [2.45, 2.75) is 12.8 Å². The van der Waals surface area contributed by atoms with Crippen LogP contribution < -0.4 is 9.64 Å². The van der Waals surface area contributed by atoms with Crippen molar-refractivity contribution in [1.82, 2.24) is 9.97 Å². The first-order valence-corrected chi connectivity index (χ1v) is 4.96. The lowest BCUT2D eigenvalue weighted by Gasteiger charge is -2.15. The molecule has 0 atom stereocenters. The molecule has 0 aliphatic carbocycles. The second kappa shape index (κ2) is 4.25. The number of hydrogen-bond acceptors (Lipinski definition) is 5. The van der Waals surface area contributed by atoms with E-state index in [0.29, 0.717) is 23.8 Å². The van der Waals surface area contributed by atoms with Gasteiger partial charge in [0.05, 0.1) is 7.11 Å². The maximum atomic E-state index is 10.7. The summed E-state index contributed by atoms with van der Waals surface area (Å²) in [7, 11) is 1.53. The van der Waals surface area contributed by atoms with Crippen LogP contribution in [-0.4, -0.2) is 36.5 Å². The first kappa shape index (κ1) is 9.89. The summed E-state index contributed by atoms with van der Waals surface area (Å²) in [6, 6.07) is 1.53. The Balaban J connectivity index is 2.32. The summed E-state index contributed by atoms with van der Waals surface area (Å²) in [5.74, 6) is 1.03. The predicted octanol–water partition coefficient (Wildman–Crippen LogP) is 0.898. The molecule has 1 aromatic rings. The molecule has 0 amide bonds. The highest BCUT2D eigenvalue weighted by Gasteiger charge is 2.16. The van der Waals surface area contributed by atoms with E-state index in [0.717, 1.165) is 25.9 Å². The van der Waals surface area contributed by atoms with Gasteiger partial charge in [-0.3, -0.25) is 4.79 Å². The van der Waals surface area contributed by atoms with Crippen LogP contribution in [0.15, 0.2) is 6.07 Å². The van der Waals surface area contributed by atoms with Gasteiger partial charge in [-0.15, -0.1) is 0 Å². The molecule has 5 heteroatoms. The van der Waals surface area contributed by atoms with Gasteiger partial charge in [0.1, 0.15) is 5.69 Å². The highest BCUT2D eigenvalue weighted by molar-refractivity contribution is 5.72. The number of hydrogen-bond donors (Lipinski definition) is 0. The lowest BCUT2D eigenvalue weighted by atomic mass is 10.4. The summed E-state index contributed by atoms with van der Waals surface area (Å²) < 4.78 is 5.02. The Morgan fingerprint density at radius 2 is 2.13 bits per heavy atom. The Labute approximate surface area is 88.1 Å². The second-order valence-electron chi connectivity index (χ2n) is 3.45. The van der Waals surface area contributed by atoms with Crippen LogP contribution in [0.1, 0.15) is 23.3 Å². The lowest BCUT2D eigenvalue weighted by molar-refractivity contribution is 0.111. The molecule has 1 aromatic heterocycles. The van der Waals surface area contributed by atoms with Gasteiger partial charge in [-0.2, -0.15) is 4.98 Å². The Kier molecular flexibility index (Phi) is 2.80. The zero-order valence-corrected chi connectivity index (χ0v) is 8.64. The molecular weight excluding hydrogens is 194 g/mol. The molecule has 0 unspecified atom stereocenters. The summed E-state index contributed by atoms with van der Waals surface area (Å²) in [6.45, 7) is 1.90. The number of ether oxygens (including phenoxy) is 1. The molecule has 1 aliphatic rings. The molecule has 2 heterocycles. The number of anilines is 1. The van der Waals surface area contributed by atoms with Gasteiger partial charge in [-0.25, -0.2) is 4.98 Å². The number of methoxy groups -OCH3 is 1. The van der Waals surface area contributed by atoms with Crippen molar-refractivity contribution in [2.75, 3.05) is 25.1 Å². The molecule has 1 aliphatic heterocycles. The number of rotatable bonds is 3. The maximum Gasteiger partial charge on any atom is 0.229 e. The number of aldehydes is 1. The van der Waals surface area contributed by atoms with E-state index < -0.39 is 0 Å². The van der Waals surface area contributed by atoms with Gasteiger partial charge < -0.3 is 9.64 Å². The van der Waals surface area contributed by atoms with Crippen LogP contribution in [-0.2, 0) is 0 Å². The van der Waals surface area contributed by atoms with Crippen molar-refractivity contribution in [2.24, 2.45) is 0 Å². The zero-order chi connectivity index (χ0) is 10.7. The van der Waals surface area contributed by atoms with Gasteiger partial charge in [-0.05, 0) is 12.8 Å². The Bertz CT molecular complexity index is 362. The minimum absolute atomic E-state index is 0.365. The summed E-state index contributed by atoms with van der Waals surface area (Å²) in [5.41, 5.74) is 0.365. The largest absolute Gasteiger partial charge is 0.481 e.